The van der Waals surface area contributed by atoms with Crippen LogP contribution in [0.5, 0.6) is 0 Å². The molecule has 0 aromatic heterocycles. The van der Waals surface area contributed by atoms with E-state index in [1.807, 2.05) is 12.1 Å². The van der Waals surface area contributed by atoms with E-state index in [2.05, 4.69) is 6.92 Å². The second kappa shape index (κ2) is 5.82. The van der Waals surface area contributed by atoms with Gasteiger partial charge in [0, 0.05) is 10.0 Å². The molecule has 0 amide bonds. The van der Waals surface area contributed by atoms with Crippen molar-refractivity contribution in [1.29, 1.82) is 0 Å². The second-order valence-corrected chi connectivity index (χ2v) is 6.40. The molecule has 1 fully saturated rings. The molecule has 1 atom stereocenters. The van der Waals surface area contributed by atoms with Gasteiger partial charge in [0.05, 0.1) is 5.38 Å². The molecule has 0 saturated heterocycles. The third-order valence-corrected chi connectivity index (χ3v) is 4.89. The monoisotopic (exact) mass is 290 g/mol. The van der Waals surface area contributed by atoms with Gasteiger partial charge in [-0.15, -0.1) is 11.6 Å². The third kappa shape index (κ3) is 3.30. The van der Waals surface area contributed by atoms with Crippen LogP contribution in [0.2, 0.25) is 10.0 Å². The number of hydrogen-bond donors (Lipinski definition) is 0. The van der Waals surface area contributed by atoms with Crippen LogP contribution in [-0.2, 0) is 0 Å². The molecule has 2 rings (SSSR count). The first-order valence-electron chi connectivity index (χ1n) is 6.17. The molecule has 17 heavy (non-hydrogen) atoms. The molecule has 1 unspecified atom stereocenters. The zero-order valence-electron chi connectivity index (χ0n) is 9.93. The van der Waals surface area contributed by atoms with Crippen LogP contribution in [0.3, 0.4) is 0 Å². The Morgan fingerprint density at radius 1 is 1.12 bits per heavy atom. The summed E-state index contributed by atoms with van der Waals surface area (Å²) in [6.45, 7) is 2.31. The number of alkyl halides is 1. The molecule has 0 heterocycles. The highest BCUT2D eigenvalue weighted by Crippen LogP contribution is 2.42. The van der Waals surface area contributed by atoms with Gasteiger partial charge in [-0.25, -0.2) is 0 Å². The fraction of sp³-hybridized carbons (Fsp3) is 0.571. The van der Waals surface area contributed by atoms with E-state index >= 15 is 0 Å². The predicted octanol–water partition coefficient (Wildman–Crippen LogP) is 6.10. The predicted molar refractivity (Wildman–Crippen MR) is 76.2 cm³/mol. The van der Waals surface area contributed by atoms with Crippen LogP contribution in [0, 0.1) is 11.8 Å². The van der Waals surface area contributed by atoms with Crippen LogP contribution in [0.1, 0.15) is 43.5 Å². The van der Waals surface area contributed by atoms with Gasteiger partial charge in [0.2, 0.25) is 0 Å². The molecule has 0 N–H and O–H groups in total. The number of benzene rings is 1. The number of hydrogen-bond acceptors (Lipinski definition) is 0. The summed E-state index contributed by atoms with van der Waals surface area (Å²) in [6.07, 6.45) is 4.96. The SMILES string of the molecule is CC1CCC(C(Cl)c2ccc(Cl)cc2Cl)CC1. The van der Waals surface area contributed by atoms with Gasteiger partial charge in [-0.3, -0.25) is 0 Å². The lowest BCUT2D eigenvalue weighted by Crippen LogP contribution is -2.16. The molecule has 3 heteroatoms. The van der Waals surface area contributed by atoms with Gasteiger partial charge in [0.25, 0.3) is 0 Å². The van der Waals surface area contributed by atoms with Gasteiger partial charge < -0.3 is 0 Å². The van der Waals surface area contributed by atoms with Crippen LogP contribution < -0.4 is 0 Å². The van der Waals surface area contributed by atoms with Crippen molar-refractivity contribution in [2.75, 3.05) is 0 Å². The molecule has 1 aromatic carbocycles. The highest BCUT2D eigenvalue weighted by atomic mass is 35.5. The van der Waals surface area contributed by atoms with Crippen molar-refractivity contribution < 1.29 is 0 Å². The topological polar surface area (TPSA) is 0 Å². The summed E-state index contributed by atoms with van der Waals surface area (Å²) in [7, 11) is 0. The van der Waals surface area contributed by atoms with Crippen LogP contribution >= 0.6 is 34.8 Å². The largest absolute Gasteiger partial charge is 0.117 e. The summed E-state index contributed by atoms with van der Waals surface area (Å²) < 4.78 is 0. The summed E-state index contributed by atoms with van der Waals surface area (Å²) in [6, 6.07) is 5.60. The minimum absolute atomic E-state index is 0.0206. The van der Waals surface area contributed by atoms with Crippen molar-refractivity contribution in [2.45, 2.75) is 38.0 Å². The maximum Gasteiger partial charge on any atom is 0.0628 e. The Labute approximate surface area is 118 Å². The van der Waals surface area contributed by atoms with Crippen LogP contribution in [0.4, 0.5) is 0 Å². The first kappa shape index (κ1) is 13.5. The lowest BCUT2D eigenvalue weighted by atomic mass is 9.80. The Kier molecular flexibility index (Phi) is 4.63. The lowest BCUT2D eigenvalue weighted by molar-refractivity contribution is 0.283. The van der Waals surface area contributed by atoms with Crippen LogP contribution in [0.15, 0.2) is 18.2 Å². The van der Waals surface area contributed by atoms with Crippen molar-refractivity contribution in [3.8, 4) is 0 Å². The van der Waals surface area contributed by atoms with Crippen LogP contribution in [0.25, 0.3) is 0 Å². The Bertz CT molecular complexity index is 381. The molecule has 0 aliphatic heterocycles. The molecule has 0 nitrogen and oxygen atoms in total. The average molecular weight is 292 g/mol. The summed E-state index contributed by atoms with van der Waals surface area (Å²) in [5.74, 6) is 1.39. The van der Waals surface area contributed by atoms with Gasteiger partial charge in [-0.05, 0) is 42.4 Å². The first-order valence-corrected chi connectivity index (χ1v) is 7.36. The summed E-state index contributed by atoms with van der Waals surface area (Å²) >= 11 is 18.7. The maximum absolute atomic E-state index is 6.56. The van der Waals surface area contributed by atoms with Crippen molar-refractivity contribution in [3.05, 3.63) is 33.8 Å². The van der Waals surface area contributed by atoms with E-state index in [9.17, 15) is 0 Å². The summed E-state index contributed by atoms with van der Waals surface area (Å²) in [5.41, 5.74) is 1.03. The molecule has 0 bridgehead atoms. The van der Waals surface area contributed by atoms with E-state index in [1.165, 1.54) is 25.7 Å². The van der Waals surface area contributed by atoms with Crippen molar-refractivity contribution in [1.82, 2.24) is 0 Å². The highest BCUT2D eigenvalue weighted by Gasteiger charge is 2.26. The minimum atomic E-state index is 0.0206. The molecule has 0 spiro atoms. The molecule has 1 aliphatic carbocycles. The van der Waals surface area contributed by atoms with Gasteiger partial charge in [0.1, 0.15) is 0 Å². The fourth-order valence-corrected chi connectivity index (χ4v) is 3.58. The Morgan fingerprint density at radius 2 is 1.76 bits per heavy atom. The fourth-order valence-electron chi connectivity index (χ4n) is 2.56. The van der Waals surface area contributed by atoms with Crippen molar-refractivity contribution >= 4 is 34.8 Å². The van der Waals surface area contributed by atoms with E-state index in [-0.39, 0.29) is 5.38 Å². The second-order valence-electron chi connectivity index (χ2n) is 5.09. The van der Waals surface area contributed by atoms with Gasteiger partial charge in [0.15, 0.2) is 0 Å². The normalized spacial score (nSPS) is 26.8. The molecular formula is C14H17Cl3. The van der Waals surface area contributed by atoms with E-state index in [1.54, 1.807) is 6.07 Å². The zero-order chi connectivity index (χ0) is 12.4. The van der Waals surface area contributed by atoms with Gasteiger partial charge in [-0.1, -0.05) is 49.0 Å². The van der Waals surface area contributed by atoms with E-state index in [0.717, 1.165) is 11.5 Å². The number of halogens is 3. The Balaban J connectivity index is 2.11. The standard InChI is InChI=1S/C14H17Cl3/c1-9-2-4-10(5-3-9)14(17)12-7-6-11(15)8-13(12)16/h6-10,14H,2-5H2,1H3. The summed E-state index contributed by atoms with van der Waals surface area (Å²) in [5, 5.41) is 1.38. The molecule has 1 aromatic rings. The molecule has 1 saturated carbocycles. The quantitative estimate of drug-likeness (QED) is 0.578. The number of rotatable bonds is 2. The molecule has 0 radical (unpaired) electrons. The maximum atomic E-state index is 6.56. The smallest absolute Gasteiger partial charge is 0.0628 e. The third-order valence-electron chi connectivity index (χ3n) is 3.73. The molecular weight excluding hydrogens is 275 g/mol. The van der Waals surface area contributed by atoms with E-state index < -0.39 is 0 Å². The van der Waals surface area contributed by atoms with E-state index in [4.69, 9.17) is 34.8 Å². The lowest BCUT2D eigenvalue weighted by Gasteiger charge is -2.30. The van der Waals surface area contributed by atoms with Crippen molar-refractivity contribution in [2.24, 2.45) is 11.8 Å². The van der Waals surface area contributed by atoms with Gasteiger partial charge in [-0.2, -0.15) is 0 Å². The highest BCUT2D eigenvalue weighted by molar-refractivity contribution is 6.35. The Hall–Kier alpha value is 0.0900. The molecule has 94 valence electrons. The van der Waals surface area contributed by atoms with Crippen molar-refractivity contribution in [3.63, 3.8) is 0 Å². The van der Waals surface area contributed by atoms with E-state index in [0.29, 0.717) is 16.0 Å². The van der Waals surface area contributed by atoms with Gasteiger partial charge >= 0.3 is 0 Å². The summed E-state index contributed by atoms with van der Waals surface area (Å²) in [4.78, 5) is 0. The molecule has 1 aliphatic rings. The minimum Gasteiger partial charge on any atom is -0.117 e. The first-order chi connectivity index (χ1) is 8.08. The average Bonchev–Trinajstić information content (AvgIpc) is 2.29. The Morgan fingerprint density at radius 3 is 2.35 bits per heavy atom. The van der Waals surface area contributed by atoms with Crippen LogP contribution in [-0.4, -0.2) is 0 Å². The zero-order valence-corrected chi connectivity index (χ0v) is 12.2.